The molecule has 1 heterocycles. The molecule has 0 aromatic heterocycles. The summed E-state index contributed by atoms with van der Waals surface area (Å²) >= 11 is 5.01. The summed E-state index contributed by atoms with van der Waals surface area (Å²) in [6.45, 7) is 1.43. The van der Waals surface area contributed by atoms with Crippen molar-refractivity contribution in [3.63, 3.8) is 0 Å². The number of benzene rings is 1. The molecule has 1 aliphatic rings. The molecule has 1 fully saturated rings. The Labute approximate surface area is 106 Å². The second-order valence-corrected chi connectivity index (χ2v) is 5.43. The third kappa shape index (κ3) is 2.51. The van der Waals surface area contributed by atoms with Crippen LogP contribution in [0.2, 0.25) is 0 Å². The van der Waals surface area contributed by atoms with E-state index in [-0.39, 0.29) is 5.69 Å². The lowest BCUT2D eigenvalue weighted by molar-refractivity contribution is 0.572. The Balaban J connectivity index is 2.32. The third-order valence-corrected chi connectivity index (χ3v) is 4.15. The molecule has 1 nitrogen and oxygen atoms in total. The monoisotopic (exact) mass is 307 g/mol. The highest BCUT2D eigenvalue weighted by Crippen LogP contribution is 2.27. The van der Waals surface area contributed by atoms with Crippen molar-refractivity contribution in [3.05, 3.63) is 29.3 Å². The number of anilines is 1. The largest absolute Gasteiger partial charge is 0.365 e. The van der Waals surface area contributed by atoms with Crippen molar-refractivity contribution in [1.82, 2.24) is 0 Å². The number of thioether (sulfide) groups is 1. The zero-order valence-corrected chi connectivity index (χ0v) is 11.1. The van der Waals surface area contributed by atoms with Crippen LogP contribution in [0.1, 0.15) is 5.56 Å². The lowest BCUT2D eigenvalue weighted by Crippen LogP contribution is -2.33. The summed E-state index contributed by atoms with van der Waals surface area (Å²) in [7, 11) is 0. The number of hydrogen-bond donors (Lipinski definition) is 0. The summed E-state index contributed by atoms with van der Waals surface area (Å²) in [5, 5.41) is 0.469. The summed E-state index contributed by atoms with van der Waals surface area (Å²) in [5.74, 6) is 0.945. The highest BCUT2D eigenvalue weighted by atomic mass is 79.9. The van der Waals surface area contributed by atoms with Crippen molar-refractivity contribution < 1.29 is 8.78 Å². The minimum atomic E-state index is -0.457. The van der Waals surface area contributed by atoms with Crippen LogP contribution >= 0.6 is 27.7 Å². The molecule has 16 heavy (non-hydrogen) atoms. The summed E-state index contributed by atoms with van der Waals surface area (Å²) < 4.78 is 27.5. The highest BCUT2D eigenvalue weighted by molar-refractivity contribution is 9.08. The lowest BCUT2D eigenvalue weighted by Gasteiger charge is -2.29. The first-order chi connectivity index (χ1) is 7.72. The molecule has 5 heteroatoms. The fourth-order valence-electron chi connectivity index (χ4n) is 1.78. The molecular formula is C11H12BrF2NS. The number of rotatable bonds is 2. The van der Waals surface area contributed by atoms with E-state index in [1.165, 1.54) is 12.1 Å². The van der Waals surface area contributed by atoms with E-state index in [2.05, 4.69) is 15.9 Å². The van der Waals surface area contributed by atoms with Crippen LogP contribution in [0.15, 0.2) is 12.1 Å². The molecule has 0 bridgehead atoms. The lowest BCUT2D eigenvalue weighted by atomic mass is 10.2. The predicted octanol–water partition coefficient (Wildman–Crippen LogP) is 3.41. The second-order valence-electron chi connectivity index (χ2n) is 3.64. The molecule has 1 aromatic rings. The van der Waals surface area contributed by atoms with Crippen LogP contribution in [-0.4, -0.2) is 24.6 Å². The minimum Gasteiger partial charge on any atom is -0.365 e. The van der Waals surface area contributed by atoms with Gasteiger partial charge >= 0.3 is 0 Å². The number of halogens is 3. The summed E-state index contributed by atoms with van der Waals surface area (Å²) in [4.78, 5) is 1.79. The molecule has 88 valence electrons. The van der Waals surface area contributed by atoms with Gasteiger partial charge in [0.25, 0.3) is 0 Å². The SMILES string of the molecule is Fc1cc(CBr)cc(F)c1N1CCSCC1. The van der Waals surface area contributed by atoms with Crippen LogP contribution in [0.4, 0.5) is 14.5 Å². The van der Waals surface area contributed by atoms with Gasteiger partial charge in [-0.05, 0) is 17.7 Å². The zero-order chi connectivity index (χ0) is 11.5. The van der Waals surface area contributed by atoms with E-state index < -0.39 is 11.6 Å². The van der Waals surface area contributed by atoms with Crippen molar-refractivity contribution in [2.45, 2.75) is 5.33 Å². The van der Waals surface area contributed by atoms with Crippen molar-refractivity contribution in [1.29, 1.82) is 0 Å². The first kappa shape index (κ1) is 12.2. The van der Waals surface area contributed by atoms with Crippen molar-refractivity contribution >= 4 is 33.4 Å². The van der Waals surface area contributed by atoms with Crippen molar-refractivity contribution in [3.8, 4) is 0 Å². The fourth-order valence-corrected chi connectivity index (χ4v) is 3.01. The first-order valence-corrected chi connectivity index (χ1v) is 7.36. The number of hydrogen-bond acceptors (Lipinski definition) is 2. The van der Waals surface area contributed by atoms with Gasteiger partial charge in [0.05, 0.1) is 0 Å². The smallest absolute Gasteiger partial charge is 0.149 e. The fraction of sp³-hybridized carbons (Fsp3) is 0.455. The Kier molecular flexibility index (Phi) is 4.08. The van der Waals surface area contributed by atoms with Crippen molar-refractivity contribution in [2.75, 3.05) is 29.5 Å². The van der Waals surface area contributed by atoms with Crippen LogP contribution in [0.25, 0.3) is 0 Å². The van der Waals surface area contributed by atoms with Gasteiger partial charge in [0, 0.05) is 29.9 Å². The van der Waals surface area contributed by atoms with Gasteiger partial charge in [-0.25, -0.2) is 8.78 Å². The highest BCUT2D eigenvalue weighted by Gasteiger charge is 2.19. The minimum absolute atomic E-state index is 0.130. The standard InChI is InChI=1S/C11H12BrF2NS/c12-7-8-5-9(13)11(10(14)6-8)15-1-3-16-4-2-15/h5-6H,1-4,7H2. The Morgan fingerprint density at radius 3 is 2.25 bits per heavy atom. The molecule has 0 N–H and O–H groups in total. The maximum absolute atomic E-state index is 13.8. The van der Waals surface area contributed by atoms with E-state index in [0.29, 0.717) is 24.0 Å². The predicted molar refractivity (Wildman–Crippen MR) is 68.5 cm³/mol. The van der Waals surface area contributed by atoms with E-state index >= 15 is 0 Å². The molecule has 1 saturated heterocycles. The van der Waals surface area contributed by atoms with Crippen LogP contribution < -0.4 is 4.90 Å². The normalized spacial score (nSPS) is 16.6. The molecule has 0 radical (unpaired) electrons. The maximum atomic E-state index is 13.8. The average molecular weight is 308 g/mol. The van der Waals surface area contributed by atoms with Gasteiger partial charge in [-0.1, -0.05) is 15.9 Å². The van der Waals surface area contributed by atoms with Gasteiger partial charge < -0.3 is 4.90 Å². The molecule has 2 rings (SSSR count). The van der Waals surface area contributed by atoms with E-state index in [1.54, 1.807) is 4.90 Å². The third-order valence-electron chi connectivity index (χ3n) is 2.56. The number of nitrogens with zero attached hydrogens (tertiary/aromatic N) is 1. The van der Waals surface area contributed by atoms with Gasteiger partial charge in [-0.15, -0.1) is 0 Å². The van der Waals surface area contributed by atoms with E-state index in [4.69, 9.17) is 0 Å². The van der Waals surface area contributed by atoms with Crippen LogP contribution in [-0.2, 0) is 5.33 Å². The van der Waals surface area contributed by atoms with Gasteiger partial charge in [-0.3, -0.25) is 0 Å². The molecule has 0 atom stereocenters. The Morgan fingerprint density at radius 2 is 1.75 bits per heavy atom. The average Bonchev–Trinajstić information content (AvgIpc) is 2.29. The summed E-state index contributed by atoms with van der Waals surface area (Å²) in [6.07, 6.45) is 0. The van der Waals surface area contributed by atoms with Crippen LogP contribution in [0.3, 0.4) is 0 Å². The molecule has 0 saturated carbocycles. The van der Waals surface area contributed by atoms with E-state index in [0.717, 1.165) is 11.5 Å². The van der Waals surface area contributed by atoms with Gasteiger partial charge in [0.1, 0.15) is 17.3 Å². The molecule has 1 aromatic carbocycles. The molecule has 0 amide bonds. The Morgan fingerprint density at radius 1 is 1.19 bits per heavy atom. The molecule has 0 spiro atoms. The molecule has 0 aliphatic carbocycles. The molecule has 0 unspecified atom stereocenters. The molecular weight excluding hydrogens is 296 g/mol. The van der Waals surface area contributed by atoms with Crippen LogP contribution in [0, 0.1) is 11.6 Å². The van der Waals surface area contributed by atoms with E-state index in [1.807, 2.05) is 11.8 Å². The molecule has 1 aliphatic heterocycles. The zero-order valence-electron chi connectivity index (χ0n) is 8.68. The Bertz CT molecular complexity index is 357. The summed E-state index contributed by atoms with van der Waals surface area (Å²) in [6, 6.07) is 2.80. The quantitative estimate of drug-likeness (QED) is 0.770. The van der Waals surface area contributed by atoms with Crippen molar-refractivity contribution in [2.24, 2.45) is 0 Å². The Hall–Kier alpha value is -0.290. The van der Waals surface area contributed by atoms with Crippen LogP contribution in [0.5, 0.6) is 0 Å². The second kappa shape index (κ2) is 5.36. The van der Waals surface area contributed by atoms with Gasteiger partial charge in [0.2, 0.25) is 0 Å². The number of alkyl halides is 1. The maximum Gasteiger partial charge on any atom is 0.149 e. The van der Waals surface area contributed by atoms with Gasteiger partial charge in [0.15, 0.2) is 0 Å². The van der Waals surface area contributed by atoms with E-state index in [9.17, 15) is 8.78 Å². The first-order valence-electron chi connectivity index (χ1n) is 5.09. The summed E-state index contributed by atoms with van der Waals surface area (Å²) in [5.41, 5.74) is 0.759. The topological polar surface area (TPSA) is 3.24 Å². The van der Waals surface area contributed by atoms with Gasteiger partial charge in [-0.2, -0.15) is 11.8 Å².